The lowest BCUT2D eigenvalue weighted by molar-refractivity contribution is -0.143. The van der Waals surface area contributed by atoms with E-state index >= 15 is 0 Å². The first kappa shape index (κ1) is 12.5. The minimum Gasteiger partial charge on any atom is -0.480 e. The predicted molar refractivity (Wildman–Crippen MR) is 64.9 cm³/mol. The van der Waals surface area contributed by atoms with Crippen molar-refractivity contribution in [2.75, 3.05) is 25.3 Å². The van der Waals surface area contributed by atoms with E-state index in [1.165, 1.54) is 0 Å². The molecule has 5 nitrogen and oxygen atoms in total. The number of thiocarbonyl (C=S) groups is 1. The fraction of sp³-hybridized carbons (Fsp3) is 0.750. The molecule has 15 heavy (non-hydrogen) atoms. The summed E-state index contributed by atoms with van der Waals surface area (Å²) in [6.45, 7) is 0.994. The van der Waals surface area contributed by atoms with Crippen molar-refractivity contribution < 1.29 is 9.90 Å². The van der Waals surface area contributed by atoms with Crippen LogP contribution >= 0.6 is 24.0 Å². The number of aliphatic carboxylic acids is 1. The van der Waals surface area contributed by atoms with E-state index in [1.807, 2.05) is 11.2 Å². The largest absolute Gasteiger partial charge is 0.480 e. The van der Waals surface area contributed by atoms with Crippen LogP contribution in [-0.4, -0.2) is 52.5 Å². The normalized spacial score (nSPS) is 19.1. The van der Waals surface area contributed by atoms with Gasteiger partial charge in [0.05, 0.1) is 13.3 Å². The Morgan fingerprint density at radius 2 is 2.27 bits per heavy atom. The smallest absolute Gasteiger partial charge is 0.321 e. The van der Waals surface area contributed by atoms with Crippen molar-refractivity contribution in [3.05, 3.63) is 0 Å². The van der Waals surface area contributed by atoms with Crippen molar-refractivity contribution in [1.29, 1.82) is 0 Å². The summed E-state index contributed by atoms with van der Waals surface area (Å²) in [7, 11) is 0. The Labute approximate surface area is 98.6 Å². The number of carbonyl (C=O) groups is 1. The number of nitrogens with one attached hydrogen (secondary N) is 2. The lowest BCUT2D eigenvalue weighted by Gasteiger charge is -2.33. The number of carboxylic acid groups (broad SMARTS) is 1. The Kier molecular flexibility index (Phi) is 5.13. The van der Waals surface area contributed by atoms with Crippen molar-refractivity contribution >= 4 is 35.1 Å². The van der Waals surface area contributed by atoms with Crippen LogP contribution in [0.4, 0.5) is 0 Å². The summed E-state index contributed by atoms with van der Waals surface area (Å²) >= 11 is 6.55. The van der Waals surface area contributed by atoms with Crippen molar-refractivity contribution in [2.45, 2.75) is 12.5 Å². The van der Waals surface area contributed by atoms with Crippen molar-refractivity contribution in [1.82, 2.24) is 15.5 Å². The van der Waals surface area contributed by atoms with Crippen LogP contribution in [0.25, 0.3) is 0 Å². The summed E-state index contributed by atoms with van der Waals surface area (Å²) in [6.07, 6.45) is 2.62. The SMILES string of the molecule is CSCCC(C(=O)O)N1CNC(=S)NC1. The number of hydrogen-bond donors (Lipinski definition) is 3. The molecule has 0 aromatic carbocycles. The zero-order chi connectivity index (χ0) is 11.3. The molecular formula is C8H15N3O2S2. The van der Waals surface area contributed by atoms with E-state index in [4.69, 9.17) is 17.3 Å². The van der Waals surface area contributed by atoms with Gasteiger partial charge in [0.15, 0.2) is 5.11 Å². The van der Waals surface area contributed by atoms with E-state index in [0.29, 0.717) is 24.9 Å². The highest BCUT2D eigenvalue weighted by Gasteiger charge is 2.26. The first-order valence-corrected chi connectivity index (χ1v) is 6.43. The van der Waals surface area contributed by atoms with Gasteiger partial charge in [-0.25, -0.2) is 0 Å². The fourth-order valence-corrected chi connectivity index (χ4v) is 1.97. The third kappa shape index (κ3) is 3.84. The van der Waals surface area contributed by atoms with E-state index in [-0.39, 0.29) is 0 Å². The molecule has 0 aromatic rings. The van der Waals surface area contributed by atoms with Gasteiger partial charge in [-0.15, -0.1) is 0 Å². The second-order valence-corrected chi connectivity index (χ2v) is 4.62. The molecule has 0 bridgehead atoms. The van der Waals surface area contributed by atoms with E-state index in [2.05, 4.69) is 10.6 Å². The Morgan fingerprint density at radius 1 is 1.67 bits per heavy atom. The molecule has 0 spiro atoms. The van der Waals surface area contributed by atoms with Gasteiger partial charge >= 0.3 is 5.97 Å². The average molecular weight is 249 g/mol. The van der Waals surface area contributed by atoms with Crippen LogP contribution in [0, 0.1) is 0 Å². The molecule has 0 saturated carbocycles. The molecule has 1 saturated heterocycles. The number of hydrogen-bond acceptors (Lipinski definition) is 4. The van der Waals surface area contributed by atoms with Crippen LogP contribution in [0.15, 0.2) is 0 Å². The molecule has 3 N–H and O–H groups in total. The fourth-order valence-electron chi connectivity index (χ4n) is 1.38. The molecule has 1 heterocycles. The summed E-state index contributed by atoms with van der Waals surface area (Å²) < 4.78 is 0. The van der Waals surface area contributed by atoms with Crippen LogP contribution in [0.3, 0.4) is 0 Å². The first-order valence-electron chi connectivity index (χ1n) is 4.62. The minimum atomic E-state index is -0.777. The lowest BCUT2D eigenvalue weighted by atomic mass is 10.2. The zero-order valence-corrected chi connectivity index (χ0v) is 10.2. The summed E-state index contributed by atoms with van der Waals surface area (Å²) in [4.78, 5) is 12.9. The third-order valence-electron chi connectivity index (χ3n) is 2.21. The van der Waals surface area contributed by atoms with Crippen LogP contribution in [0.2, 0.25) is 0 Å². The van der Waals surface area contributed by atoms with Gasteiger partial charge in [0.1, 0.15) is 6.04 Å². The second-order valence-electron chi connectivity index (χ2n) is 3.22. The quantitative estimate of drug-likeness (QED) is 0.587. The first-order chi connectivity index (χ1) is 7.15. The zero-order valence-electron chi connectivity index (χ0n) is 8.52. The molecule has 1 fully saturated rings. The molecule has 1 aliphatic rings. The predicted octanol–water partition coefficient (Wildman–Crippen LogP) is -0.113. The van der Waals surface area contributed by atoms with Crippen LogP contribution < -0.4 is 10.6 Å². The Hall–Kier alpha value is -0.530. The van der Waals surface area contributed by atoms with E-state index in [9.17, 15) is 4.79 Å². The van der Waals surface area contributed by atoms with Gasteiger partial charge < -0.3 is 15.7 Å². The highest BCUT2D eigenvalue weighted by atomic mass is 32.2. The van der Waals surface area contributed by atoms with E-state index in [0.717, 1.165) is 5.75 Å². The highest BCUT2D eigenvalue weighted by molar-refractivity contribution is 7.98. The van der Waals surface area contributed by atoms with Crippen molar-refractivity contribution in [3.8, 4) is 0 Å². The summed E-state index contributed by atoms with van der Waals surface area (Å²) in [5.41, 5.74) is 0. The topological polar surface area (TPSA) is 64.6 Å². The monoisotopic (exact) mass is 249 g/mol. The maximum Gasteiger partial charge on any atom is 0.321 e. The maximum absolute atomic E-state index is 11.0. The van der Waals surface area contributed by atoms with E-state index < -0.39 is 12.0 Å². The molecule has 1 unspecified atom stereocenters. The molecule has 86 valence electrons. The molecule has 0 radical (unpaired) electrons. The molecule has 1 rings (SSSR count). The van der Waals surface area contributed by atoms with E-state index in [1.54, 1.807) is 11.8 Å². The minimum absolute atomic E-state index is 0.444. The van der Waals surface area contributed by atoms with Gasteiger partial charge in [-0.3, -0.25) is 9.69 Å². The van der Waals surface area contributed by atoms with Gasteiger partial charge in [-0.05, 0) is 30.6 Å². The number of rotatable bonds is 5. The summed E-state index contributed by atoms with van der Waals surface area (Å²) in [6, 6.07) is -0.444. The highest BCUT2D eigenvalue weighted by Crippen LogP contribution is 2.08. The Bertz CT molecular complexity index is 240. The summed E-state index contributed by atoms with van der Waals surface area (Å²) in [5.74, 6) is 0.0678. The van der Waals surface area contributed by atoms with Crippen LogP contribution in [0.5, 0.6) is 0 Å². The molecule has 1 atom stereocenters. The van der Waals surface area contributed by atoms with Gasteiger partial charge in [-0.1, -0.05) is 0 Å². The number of thioether (sulfide) groups is 1. The molecule has 0 aromatic heterocycles. The van der Waals surface area contributed by atoms with Crippen LogP contribution in [0.1, 0.15) is 6.42 Å². The van der Waals surface area contributed by atoms with Gasteiger partial charge in [0.25, 0.3) is 0 Å². The maximum atomic E-state index is 11.0. The average Bonchev–Trinajstić information content (AvgIpc) is 2.21. The van der Waals surface area contributed by atoms with Gasteiger partial charge in [0, 0.05) is 0 Å². The molecule has 1 aliphatic heterocycles. The van der Waals surface area contributed by atoms with Crippen LogP contribution in [-0.2, 0) is 4.79 Å². The van der Waals surface area contributed by atoms with Crippen molar-refractivity contribution in [3.63, 3.8) is 0 Å². The lowest BCUT2D eigenvalue weighted by Crippen LogP contribution is -2.58. The van der Waals surface area contributed by atoms with Gasteiger partial charge in [-0.2, -0.15) is 11.8 Å². The molecule has 0 aliphatic carbocycles. The molecular weight excluding hydrogens is 234 g/mol. The third-order valence-corrected chi connectivity index (χ3v) is 3.14. The Balaban J connectivity index is 2.48. The summed E-state index contributed by atoms with van der Waals surface area (Å²) in [5, 5.41) is 15.5. The standard InChI is InChI=1S/C8H15N3O2S2/c1-15-3-2-6(7(12)13)11-4-9-8(14)10-5-11/h6H,2-5H2,1H3,(H,12,13)(H2,9,10,14). The molecule has 7 heteroatoms. The van der Waals surface area contributed by atoms with Crippen molar-refractivity contribution in [2.24, 2.45) is 0 Å². The molecule has 0 amide bonds. The van der Waals surface area contributed by atoms with Gasteiger partial charge in [0.2, 0.25) is 0 Å². The number of carboxylic acids is 1. The second kappa shape index (κ2) is 6.14. The number of nitrogens with zero attached hydrogens (tertiary/aromatic N) is 1. The Morgan fingerprint density at radius 3 is 2.73 bits per heavy atom.